The van der Waals surface area contributed by atoms with Crippen molar-refractivity contribution < 1.29 is 5.11 Å². The van der Waals surface area contributed by atoms with Gasteiger partial charge in [0.25, 0.3) is 0 Å². The summed E-state index contributed by atoms with van der Waals surface area (Å²) < 4.78 is 0. The van der Waals surface area contributed by atoms with Crippen molar-refractivity contribution in [1.29, 1.82) is 0 Å². The molecule has 112 valence electrons. The molecule has 2 N–H and O–H groups in total. The normalized spacial score (nSPS) is 19.1. The van der Waals surface area contributed by atoms with E-state index in [-0.39, 0.29) is 6.10 Å². The summed E-state index contributed by atoms with van der Waals surface area (Å²) in [5.74, 6) is 0. The lowest BCUT2D eigenvalue weighted by atomic mass is 10.0. The van der Waals surface area contributed by atoms with Gasteiger partial charge in [-0.05, 0) is 57.3 Å². The molecule has 3 nitrogen and oxygen atoms in total. The molecule has 1 aromatic carbocycles. The maximum absolute atomic E-state index is 10.1. The van der Waals surface area contributed by atoms with E-state index in [0.717, 1.165) is 26.1 Å². The predicted molar refractivity (Wildman–Crippen MR) is 84.0 cm³/mol. The third kappa shape index (κ3) is 4.89. The van der Waals surface area contributed by atoms with Gasteiger partial charge in [0.15, 0.2) is 0 Å². The Morgan fingerprint density at radius 2 is 1.95 bits per heavy atom. The predicted octanol–water partition coefficient (Wildman–Crippen LogP) is 1.97. The number of hydrogen-bond donors (Lipinski definition) is 2. The van der Waals surface area contributed by atoms with E-state index in [2.05, 4.69) is 48.3 Å². The second kappa shape index (κ2) is 7.77. The van der Waals surface area contributed by atoms with E-state index in [1.54, 1.807) is 0 Å². The molecule has 0 saturated carbocycles. The van der Waals surface area contributed by atoms with Crippen molar-refractivity contribution in [1.82, 2.24) is 10.2 Å². The number of rotatable bonds is 7. The van der Waals surface area contributed by atoms with Crippen molar-refractivity contribution >= 4 is 0 Å². The number of aryl methyl sites for hydroxylation is 1. The minimum atomic E-state index is -0.257. The zero-order valence-electron chi connectivity index (χ0n) is 12.8. The van der Waals surface area contributed by atoms with Crippen LogP contribution >= 0.6 is 0 Å². The molecule has 1 aliphatic heterocycles. The van der Waals surface area contributed by atoms with Crippen molar-refractivity contribution in [3.8, 4) is 0 Å². The largest absolute Gasteiger partial charge is 0.390 e. The summed E-state index contributed by atoms with van der Waals surface area (Å²) in [4.78, 5) is 2.36. The van der Waals surface area contributed by atoms with Crippen LogP contribution in [-0.2, 0) is 6.42 Å². The lowest BCUT2D eigenvalue weighted by Gasteiger charge is -2.22. The number of aliphatic hydroxyl groups is 1. The summed E-state index contributed by atoms with van der Waals surface area (Å²) in [6.07, 6.45) is 3.32. The SMILES string of the molecule is Cc1ccccc1CC(C)NCC(O)CN1CCCC1. The van der Waals surface area contributed by atoms with E-state index in [1.165, 1.54) is 24.0 Å². The quantitative estimate of drug-likeness (QED) is 0.799. The topological polar surface area (TPSA) is 35.5 Å². The summed E-state index contributed by atoms with van der Waals surface area (Å²) >= 11 is 0. The fraction of sp³-hybridized carbons (Fsp3) is 0.647. The van der Waals surface area contributed by atoms with Gasteiger partial charge in [0.1, 0.15) is 0 Å². The van der Waals surface area contributed by atoms with Crippen LogP contribution in [0.1, 0.15) is 30.9 Å². The average Bonchev–Trinajstić information content (AvgIpc) is 2.92. The van der Waals surface area contributed by atoms with Gasteiger partial charge in [-0.25, -0.2) is 0 Å². The molecule has 0 aromatic heterocycles. The first-order valence-electron chi connectivity index (χ1n) is 7.83. The Balaban J connectivity index is 1.69. The van der Waals surface area contributed by atoms with Gasteiger partial charge in [0.05, 0.1) is 6.10 Å². The van der Waals surface area contributed by atoms with E-state index >= 15 is 0 Å². The van der Waals surface area contributed by atoms with Crippen LogP contribution in [-0.4, -0.2) is 48.3 Å². The van der Waals surface area contributed by atoms with Crippen LogP contribution in [0.25, 0.3) is 0 Å². The smallest absolute Gasteiger partial charge is 0.0791 e. The van der Waals surface area contributed by atoms with E-state index < -0.39 is 0 Å². The molecule has 0 amide bonds. The number of hydrogen-bond acceptors (Lipinski definition) is 3. The van der Waals surface area contributed by atoms with Crippen LogP contribution in [0, 0.1) is 6.92 Å². The Morgan fingerprint density at radius 3 is 2.65 bits per heavy atom. The van der Waals surface area contributed by atoms with Crippen LogP contribution in [0.3, 0.4) is 0 Å². The van der Waals surface area contributed by atoms with Gasteiger partial charge in [0, 0.05) is 19.1 Å². The standard InChI is InChI=1S/C17H28N2O/c1-14-7-3-4-8-16(14)11-15(2)18-12-17(20)13-19-9-5-6-10-19/h3-4,7-8,15,17-18,20H,5-6,9-13H2,1-2H3. The zero-order valence-corrected chi connectivity index (χ0v) is 12.8. The molecule has 3 heteroatoms. The molecular formula is C17H28N2O. The number of benzene rings is 1. The molecule has 0 aliphatic carbocycles. The molecule has 0 spiro atoms. The van der Waals surface area contributed by atoms with Crippen LogP contribution in [0.2, 0.25) is 0 Å². The molecule has 1 aliphatic rings. The first-order valence-corrected chi connectivity index (χ1v) is 7.83. The van der Waals surface area contributed by atoms with E-state index in [1.807, 2.05) is 0 Å². The maximum Gasteiger partial charge on any atom is 0.0791 e. The van der Waals surface area contributed by atoms with Crippen LogP contribution in [0.5, 0.6) is 0 Å². The third-order valence-corrected chi connectivity index (χ3v) is 4.16. The number of likely N-dealkylation sites (tertiary alicyclic amines) is 1. The zero-order chi connectivity index (χ0) is 14.4. The fourth-order valence-electron chi connectivity index (χ4n) is 2.91. The summed E-state index contributed by atoms with van der Waals surface area (Å²) in [7, 11) is 0. The Kier molecular flexibility index (Phi) is 6.02. The van der Waals surface area contributed by atoms with E-state index in [9.17, 15) is 5.11 Å². The highest BCUT2D eigenvalue weighted by atomic mass is 16.3. The van der Waals surface area contributed by atoms with Crippen LogP contribution < -0.4 is 5.32 Å². The van der Waals surface area contributed by atoms with Crippen LogP contribution in [0.4, 0.5) is 0 Å². The maximum atomic E-state index is 10.1. The number of aliphatic hydroxyl groups excluding tert-OH is 1. The summed E-state index contributed by atoms with van der Waals surface area (Å²) in [5.41, 5.74) is 2.74. The minimum Gasteiger partial charge on any atom is -0.390 e. The summed E-state index contributed by atoms with van der Waals surface area (Å²) in [6, 6.07) is 8.91. The molecule has 2 rings (SSSR count). The van der Waals surface area contributed by atoms with Crippen LogP contribution in [0.15, 0.2) is 24.3 Å². The molecular weight excluding hydrogens is 248 g/mol. The fourth-order valence-corrected chi connectivity index (χ4v) is 2.91. The number of β-amino-alcohol motifs (C(OH)–C–C–N with tert-alkyl or cyclic N) is 1. The highest BCUT2D eigenvalue weighted by Crippen LogP contribution is 2.10. The van der Waals surface area contributed by atoms with Crippen molar-refractivity contribution in [2.75, 3.05) is 26.2 Å². The summed E-state index contributed by atoms with van der Waals surface area (Å²) in [6.45, 7) is 8.14. The highest BCUT2D eigenvalue weighted by Gasteiger charge is 2.16. The van der Waals surface area contributed by atoms with Crippen molar-refractivity contribution in [3.05, 3.63) is 35.4 Å². The van der Waals surface area contributed by atoms with E-state index in [0.29, 0.717) is 12.6 Å². The molecule has 1 saturated heterocycles. The second-order valence-electron chi connectivity index (χ2n) is 6.10. The minimum absolute atomic E-state index is 0.257. The van der Waals surface area contributed by atoms with Gasteiger partial charge in [0.2, 0.25) is 0 Å². The lowest BCUT2D eigenvalue weighted by molar-refractivity contribution is 0.121. The molecule has 1 fully saturated rings. The molecule has 2 atom stereocenters. The number of nitrogens with zero attached hydrogens (tertiary/aromatic N) is 1. The summed E-state index contributed by atoms with van der Waals surface area (Å²) in [5, 5.41) is 13.5. The second-order valence-corrected chi connectivity index (χ2v) is 6.10. The molecule has 1 heterocycles. The monoisotopic (exact) mass is 276 g/mol. The van der Waals surface area contributed by atoms with Gasteiger partial charge in [-0.3, -0.25) is 0 Å². The lowest BCUT2D eigenvalue weighted by Crippen LogP contribution is -2.40. The third-order valence-electron chi connectivity index (χ3n) is 4.16. The van der Waals surface area contributed by atoms with Gasteiger partial charge in [-0.1, -0.05) is 24.3 Å². The van der Waals surface area contributed by atoms with Crippen molar-refractivity contribution in [3.63, 3.8) is 0 Å². The Labute approximate surface area is 123 Å². The first kappa shape index (κ1) is 15.5. The molecule has 0 radical (unpaired) electrons. The van der Waals surface area contributed by atoms with Gasteiger partial charge in [-0.2, -0.15) is 0 Å². The van der Waals surface area contributed by atoms with Gasteiger partial charge < -0.3 is 15.3 Å². The van der Waals surface area contributed by atoms with Crippen molar-refractivity contribution in [2.45, 2.75) is 45.3 Å². The average molecular weight is 276 g/mol. The van der Waals surface area contributed by atoms with Crippen molar-refractivity contribution in [2.24, 2.45) is 0 Å². The molecule has 20 heavy (non-hydrogen) atoms. The molecule has 1 aromatic rings. The Bertz CT molecular complexity index is 402. The molecule has 2 unspecified atom stereocenters. The number of nitrogens with one attached hydrogen (secondary N) is 1. The van der Waals surface area contributed by atoms with Gasteiger partial charge in [-0.15, -0.1) is 0 Å². The highest BCUT2D eigenvalue weighted by molar-refractivity contribution is 5.26. The first-order chi connectivity index (χ1) is 9.65. The molecule has 0 bridgehead atoms. The van der Waals surface area contributed by atoms with Gasteiger partial charge >= 0.3 is 0 Å². The Morgan fingerprint density at radius 1 is 1.25 bits per heavy atom. The van der Waals surface area contributed by atoms with E-state index in [4.69, 9.17) is 0 Å². The Hall–Kier alpha value is -0.900.